The summed E-state index contributed by atoms with van der Waals surface area (Å²) in [5.41, 5.74) is 1.12. The van der Waals surface area contributed by atoms with Gasteiger partial charge in [0.15, 0.2) is 6.61 Å². The summed E-state index contributed by atoms with van der Waals surface area (Å²) in [6, 6.07) is 14.3. The minimum Gasteiger partial charge on any atom is -0.497 e. The number of hydrogen-bond acceptors (Lipinski definition) is 6. The van der Waals surface area contributed by atoms with Gasteiger partial charge in [-0.3, -0.25) is 14.4 Å². The summed E-state index contributed by atoms with van der Waals surface area (Å²) in [7, 11) is 4.76. The Hall–Kier alpha value is -3.68. The quantitative estimate of drug-likeness (QED) is 0.552. The lowest BCUT2D eigenvalue weighted by molar-refractivity contribution is -0.151. The Kier molecular flexibility index (Phi) is 6.46. The largest absolute Gasteiger partial charge is 0.497 e. The van der Waals surface area contributed by atoms with Crippen molar-refractivity contribution in [2.24, 2.45) is 7.05 Å². The summed E-state index contributed by atoms with van der Waals surface area (Å²) >= 11 is 0. The van der Waals surface area contributed by atoms with Crippen LogP contribution in [0.3, 0.4) is 0 Å². The summed E-state index contributed by atoms with van der Waals surface area (Å²) in [4.78, 5) is 38.2. The number of rotatable bonds is 7. The van der Waals surface area contributed by atoms with E-state index in [-0.39, 0.29) is 24.5 Å². The first kappa shape index (κ1) is 21.0. The van der Waals surface area contributed by atoms with Crippen LogP contribution in [0.1, 0.15) is 11.3 Å². The number of amides is 1. The molecule has 8 nitrogen and oxygen atoms in total. The molecule has 0 aliphatic carbocycles. The van der Waals surface area contributed by atoms with Crippen molar-refractivity contribution in [2.75, 3.05) is 20.8 Å². The van der Waals surface area contributed by atoms with Gasteiger partial charge in [0, 0.05) is 26.0 Å². The van der Waals surface area contributed by atoms with E-state index in [1.54, 1.807) is 38.4 Å². The van der Waals surface area contributed by atoms with Crippen molar-refractivity contribution in [1.29, 1.82) is 0 Å². The summed E-state index contributed by atoms with van der Waals surface area (Å²) in [5.74, 6) is -0.170. The lowest BCUT2D eigenvalue weighted by Crippen LogP contribution is -2.31. The fourth-order valence-electron chi connectivity index (χ4n) is 3.04. The van der Waals surface area contributed by atoms with Crippen molar-refractivity contribution >= 4 is 22.6 Å². The van der Waals surface area contributed by atoms with E-state index in [1.165, 1.54) is 16.6 Å². The van der Waals surface area contributed by atoms with Crippen LogP contribution in [0.25, 0.3) is 10.8 Å². The zero-order valence-corrected chi connectivity index (χ0v) is 17.1. The van der Waals surface area contributed by atoms with Gasteiger partial charge in [0.2, 0.25) is 0 Å². The molecule has 0 saturated carbocycles. The number of esters is 1. The highest BCUT2D eigenvalue weighted by Crippen LogP contribution is 2.14. The van der Waals surface area contributed by atoms with Gasteiger partial charge in [0.1, 0.15) is 5.75 Å². The topological polar surface area (TPSA) is 90.7 Å². The predicted octanol–water partition coefficient (Wildman–Crippen LogP) is 1.69. The van der Waals surface area contributed by atoms with Gasteiger partial charge in [-0.1, -0.05) is 30.3 Å². The van der Waals surface area contributed by atoms with E-state index in [0.29, 0.717) is 23.0 Å². The Bertz CT molecular complexity index is 1120. The van der Waals surface area contributed by atoms with Crippen LogP contribution in [0, 0.1) is 0 Å². The molecule has 3 rings (SSSR count). The number of carbonyl (C=O) groups is 2. The molecule has 0 bridgehead atoms. The first-order chi connectivity index (χ1) is 14.4. The van der Waals surface area contributed by atoms with Gasteiger partial charge in [-0.2, -0.15) is 5.10 Å². The first-order valence-corrected chi connectivity index (χ1v) is 9.36. The molecule has 0 unspecified atom stereocenters. The van der Waals surface area contributed by atoms with E-state index >= 15 is 0 Å². The molecule has 1 heterocycles. The highest BCUT2D eigenvalue weighted by molar-refractivity contribution is 5.87. The maximum atomic E-state index is 12.3. The van der Waals surface area contributed by atoms with Gasteiger partial charge >= 0.3 is 5.97 Å². The van der Waals surface area contributed by atoms with Crippen LogP contribution in [0.15, 0.2) is 53.3 Å². The molecule has 3 aromatic rings. The van der Waals surface area contributed by atoms with Crippen LogP contribution in [-0.4, -0.2) is 47.3 Å². The number of methoxy groups -OCH3 is 1. The number of likely N-dealkylation sites (N-methyl/N-ethyl adjacent to an activating group) is 1. The maximum Gasteiger partial charge on any atom is 0.312 e. The third-order valence-corrected chi connectivity index (χ3v) is 4.71. The van der Waals surface area contributed by atoms with Crippen LogP contribution in [0.5, 0.6) is 5.75 Å². The summed E-state index contributed by atoms with van der Waals surface area (Å²) in [6.45, 7) is 0.0164. The van der Waals surface area contributed by atoms with Crippen molar-refractivity contribution in [3.05, 3.63) is 70.1 Å². The minimum atomic E-state index is -0.586. The van der Waals surface area contributed by atoms with Crippen molar-refractivity contribution in [3.8, 4) is 5.75 Å². The second-order valence-corrected chi connectivity index (χ2v) is 6.86. The highest BCUT2D eigenvalue weighted by Gasteiger charge is 2.16. The van der Waals surface area contributed by atoms with E-state index in [0.717, 1.165) is 11.3 Å². The van der Waals surface area contributed by atoms with Crippen LogP contribution in [-0.2, 0) is 34.3 Å². The Morgan fingerprint density at radius 3 is 2.40 bits per heavy atom. The van der Waals surface area contributed by atoms with E-state index < -0.39 is 5.97 Å². The molecule has 0 N–H and O–H groups in total. The molecule has 2 aromatic carbocycles. The molecule has 0 fully saturated rings. The number of ether oxygens (including phenoxy) is 2. The number of carbonyl (C=O) groups excluding carboxylic acids is 2. The Morgan fingerprint density at radius 1 is 1.07 bits per heavy atom. The second-order valence-electron chi connectivity index (χ2n) is 6.86. The molecular formula is C22H23N3O5. The van der Waals surface area contributed by atoms with Crippen molar-refractivity contribution in [3.63, 3.8) is 0 Å². The average Bonchev–Trinajstić information content (AvgIpc) is 2.76. The van der Waals surface area contributed by atoms with Crippen molar-refractivity contribution in [2.45, 2.75) is 13.0 Å². The normalized spacial score (nSPS) is 10.6. The lowest BCUT2D eigenvalue weighted by Gasteiger charge is -2.17. The number of hydrogen-bond donors (Lipinski definition) is 0. The summed E-state index contributed by atoms with van der Waals surface area (Å²) < 4.78 is 11.5. The SMILES string of the molecule is COc1ccc(CN(C)C(=O)COC(=O)Cc2nn(C)c(=O)c3ccccc23)cc1. The van der Waals surface area contributed by atoms with E-state index in [4.69, 9.17) is 9.47 Å². The molecule has 30 heavy (non-hydrogen) atoms. The number of aromatic nitrogens is 2. The standard InChI is InChI=1S/C22H23N3O5/c1-24(13-15-8-10-16(29-3)11-9-15)20(26)14-30-21(27)12-19-17-6-4-5-7-18(17)22(28)25(2)23-19/h4-11H,12-14H2,1-3H3. The monoisotopic (exact) mass is 409 g/mol. The second kappa shape index (κ2) is 9.21. The third-order valence-electron chi connectivity index (χ3n) is 4.71. The van der Waals surface area contributed by atoms with Gasteiger partial charge in [-0.25, -0.2) is 4.68 Å². The zero-order valence-electron chi connectivity index (χ0n) is 17.1. The van der Waals surface area contributed by atoms with Crippen LogP contribution in [0.4, 0.5) is 0 Å². The summed E-state index contributed by atoms with van der Waals surface area (Å²) in [6.07, 6.45) is -0.135. The minimum absolute atomic E-state index is 0.135. The lowest BCUT2D eigenvalue weighted by atomic mass is 10.1. The molecule has 0 aliphatic heterocycles. The molecule has 0 saturated heterocycles. The Labute approximate surface area is 173 Å². The predicted molar refractivity (Wildman–Crippen MR) is 111 cm³/mol. The molecule has 0 radical (unpaired) electrons. The van der Waals surface area contributed by atoms with E-state index in [9.17, 15) is 14.4 Å². The Balaban J connectivity index is 1.59. The number of nitrogens with zero attached hydrogens (tertiary/aromatic N) is 3. The molecule has 0 atom stereocenters. The number of benzene rings is 2. The molecule has 1 amide bonds. The summed E-state index contributed by atoms with van der Waals surface area (Å²) in [5, 5.41) is 5.25. The van der Waals surface area contributed by atoms with Crippen molar-refractivity contribution < 1.29 is 19.1 Å². The molecule has 0 aliphatic rings. The number of fused-ring (bicyclic) bond motifs is 1. The van der Waals surface area contributed by atoms with Gasteiger partial charge in [0.25, 0.3) is 11.5 Å². The third kappa shape index (κ3) is 4.83. The van der Waals surface area contributed by atoms with Crippen LogP contribution < -0.4 is 10.3 Å². The van der Waals surface area contributed by atoms with E-state index in [1.807, 2.05) is 24.3 Å². The fourth-order valence-corrected chi connectivity index (χ4v) is 3.04. The Morgan fingerprint density at radius 2 is 1.73 bits per heavy atom. The zero-order chi connectivity index (χ0) is 21.7. The van der Waals surface area contributed by atoms with Crippen molar-refractivity contribution in [1.82, 2.24) is 14.7 Å². The van der Waals surface area contributed by atoms with Gasteiger partial charge in [0.05, 0.1) is 24.6 Å². The van der Waals surface area contributed by atoms with E-state index in [2.05, 4.69) is 5.10 Å². The molecule has 1 aromatic heterocycles. The molecule has 0 spiro atoms. The maximum absolute atomic E-state index is 12.3. The van der Waals surface area contributed by atoms with Crippen LogP contribution in [0.2, 0.25) is 0 Å². The van der Waals surface area contributed by atoms with Gasteiger partial charge in [-0.15, -0.1) is 0 Å². The van der Waals surface area contributed by atoms with Crippen LogP contribution >= 0.6 is 0 Å². The molecular weight excluding hydrogens is 386 g/mol. The number of aryl methyl sites for hydroxylation is 1. The molecule has 8 heteroatoms. The van der Waals surface area contributed by atoms with Gasteiger partial charge in [-0.05, 0) is 23.8 Å². The van der Waals surface area contributed by atoms with Gasteiger partial charge < -0.3 is 14.4 Å². The first-order valence-electron chi connectivity index (χ1n) is 9.36. The molecule has 156 valence electrons. The highest BCUT2D eigenvalue weighted by atomic mass is 16.5. The average molecular weight is 409 g/mol. The smallest absolute Gasteiger partial charge is 0.312 e. The fraction of sp³-hybridized carbons (Fsp3) is 0.273.